The van der Waals surface area contributed by atoms with Crippen LogP contribution in [0.1, 0.15) is 20.3 Å². The maximum Gasteiger partial charge on any atom is 0.108 e. The summed E-state index contributed by atoms with van der Waals surface area (Å²) in [7, 11) is 0. The molecule has 1 fully saturated rings. The smallest absolute Gasteiger partial charge is 0.108 e. The Hall–Kier alpha value is -0.120. The molecule has 0 aromatic carbocycles. The largest absolute Gasteiger partial charge is 0.388 e. The van der Waals surface area contributed by atoms with E-state index in [1.54, 1.807) is 6.92 Å². The van der Waals surface area contributed by atoms with Gasteiger partial charge < -0.3 is 14.9 Å². The summed E-state index contributed by atoms with van der Waals surface area (Å²) in [4.78, 5) is 0. The fourth-order valence-corrected chi connectivity index (χ4v) is 1.27. The van der Waals surface area contributed by atoms with Crippen molar-refractivity contribution in [2.75, 3.05) is 0 Å². The lowest BCUT2D eigenvalue weighted by molar-refractivity contribution is 0.0144. The molecule has 3 nitrogen and oxygen atoms in total. The van der Waals surface area contributed by atoms with Gasteiger partial charge in [0.05, 0.1) is 12.2 Å². The van der Waals surface area contributed by atoms with Crippen molar-refractivity contribution in [3.8, 4) is 0 Å². The Morgan fingerprint density at radius 2 is 1.90 bits per heavy atom. The van der Waals surface area contributed by atoms with Crippen LogP contribution < -0.4 is 0 Å². The van der Waals surface area contributed by atoms with E-state index in [-0.39, 0.29) is 12.2 Å². The summed E-state index contributed by atoms with van der Waals surface area (Å²) in [5, 5.41) is 18.4. The van der Waals surface area contributed by atoms with Crippen LogP contribution in [0.5, 0.6) is 0 Å². The van der Waals surface area contributed by atoms with Crippen molar-refractivity contribution < 1.29 is 14.9 Å². The molecule has 0 bridgehead atoms. The standard InChI is InChI=1S/C7H14O3/c1-3-5-7(9)6(8)4(2)10-5/h4-9H,3H2,1-2H3/t4-,5+,6?,7?/m0/s1. The molecule has 4 atom stereocenters. The number of aliphatic hydroxyl groups is 2. The van der Waals surface area contributed by atoms with Gasteiger partial charge >= 0.3 is 0 Å². The Bertz CT molecular complexity index is 115. The van der Waals surface area contributed by atoms with Gasteiger partial charge in [0.2, 0.25) is 0 Å². The van der Waals surface area contributed by atoms with Gasteiger partial charge in [-0.3, -0.25) is 0 Å². The van der Waals surface area contributed by atoms with Gasteiger partial charge in [-0.15, -0.1) is 0 Å². The van der Waals surface area contributed by atoms with Crippen molar-refractivity contribution >= 4 is 0 Å². The Labute approximate surface area is 60.6 Å². The first-order valence-corrected chi connectivity index (χ1v) is 3.68. The zero-order valence-corrected chi connectivity index (χ0v) is 6.32. The molecule has 1 aliphatic rings. The molecule has 1 rings (SSSR count). The number of aliphatic hydroxyl groups excluding tert-OH is 2. The monoisotopic (exact) mass is 146 g/mol. The highest BCUT2D eigenvalue weighted by Crippen LogP contribution is 2.22. The third-order valence-corrected chi connectivity index (χ3v) is 2.00. The van der Waals surface area contributed by atoms with Crippen LogP contribution in [-0.4, -0.2) is 34.6 Å². The predicted octanol–water partition coefficient (Wildman–Crippen LogP) is -0.0945. The van der Waals surface area contributed by atoms with Gasteiger partial charge in [0.25, 0.3) is 0 Å². The molecule has 0 amide bonds. The highest BCUT2D eigenvalue weighted by atomic mass is 16.5. The predicted molar refractivity (Wildman–Crippen MR) is 36.6 cm³/mol. The first-order chi connectivity index (χ1) is 4.66. The Morgan fingerprint density at radius 1 is 1.30 bits per heavy atom. The minimum Gasteiger partial charge on any atom is -0.388 e. The minimum absolute atomic E-state index is 0.176. The third kappa shape index (κ3) is 1.17. The van der Waals surface area contributed by atoms with Gasteiger partial charge in [0, 0.05) is 0 Å². The molecule has 0 spiro atoms. The van der Waals surface area contributed by atoms with E-state index in [1.807, 2.05) is 6.92 Å². The Kier molecular flexibility index (Phi) is 2.28. The lowest BCUT2D eigenvalue weighted by atomic mass is 10.1. The number of ether oxygens (including phenoxy) is 1. The fourth-order valence-electron chi connectivity index (χ4n) is 1.27. The van der Waals surface area contributed by atoms with E-state index in [2.05, 4.69) is 0 Å². The highest BCUT2D eigenvalue weighted by Gasteiger charge is 2.38. The lowest BCUT2D eigenvalue weighted by Gasteiger charge is -2.10. The zero-order chi connectivity index (χ0) is 7.72. The summed E-state index contributed by atoms with van der Waals surface area (Å²) < 4.78 is 5.23. The second-order valence-electron chi connectivity index (χ2n) is 2.77. The molecule has 1 aliphatic heterocycles. The number of hydrogen-bond acceptors (Lipinski definition) is 3. The molecule has 3 heteroatoms. The van der Waals surface area contributed by atoms with Crippen molar-refractivity contribution in [3.05, 3.63) is 0 Å². The SMILES string of the molecule is CC[C@H]1O[C@@H](C)C(O)C1O. The van der Waals surface area contributed by atoms with Crippen LogP contribution in [-0.2, 0) is 4.74 Å². The first kappa shape index (κ1) is 7.98. The minimum atomic E-state index is -0.704. The van der Waals surface area contributed by atoms with E-state index in [0.717, 1.165) is 6.42 Å². The fraction of sp³-hybridized carbons (Fsp3) is 1.00. The molecule has 0 radical (unpaired) electrons. The van der Waals surface area contributed by atoms with Gasteiger partial charge in [-0.2, -0.15) is 0 Å². The molecule has 1 saturated heterocycles. The van der Waals surface area contributed by atoms with Crippen molar-refractivity contribution in [2.45, 2.75) is 44.7 Å². The van der Waals surface area contributed by atoms with E-state index >= 15 is 0 Å². The van der Waals surface area contributed by atoms with Crippen molar-refractivity contribution in [2.24, 2.45) is 0 Å². The average molecular weight is 146 g/mol. The topological polar surface area (TPSA) is 49.7 Å². The van der Waals surface area contributed by atoms with Gasteiger partial charge in [0.15, 0.2) is 0 Å². The van der Waals surface area contributed by atoms with E-state index in [1.165, 1.54) is 0 Å². The normalized spacial score (nSPS) is 48.0. The summed E-state index contributed by atoms with van der Waals surface area (Å²) in [6, 6.07) is 0. The van der Waals surface area contributed by atoms with E-state index < -0.39 is 12.2 Å². The Morgan fingerprint density at radius 3 is 2.10 bits per heavy atom. The second kappa shape index (κ2) is 2.86. The van der Waals surface area contributed by atoms with Crippen LogP contribution >= 0.6 is 0 Å². The molecular formula is C7H14O3. The summed E-state index contributed by atoms with van der Waals surface area (Å²) in [5.41, 5.74) is 0. The summed E-state index contributed by atoms with van der Waals surface area (Å²) in [6.07, 6.45) is -1.04. The summed E-state index contributed by atoms with van der Waals surface area (Å²) >= 11 is 0. The van der Waals surface area contributed by atoms with Crippen LogP contribution in [0.25, 0.3) is 0 Å². The second-order valence-corrected chi connectivity index (χ2v) is 2.77. The van der Waals surface area contributed by atoms with Crippen LogP contribution in [0.4, 0.5) is 0 Å². The molecule has 2 N–H and O–H groups in total. The van der Waals surface area contributed by atoms with E-state index in [0.29, 0.717) is 0 Å². The molecule has 0 aromatic rings. The maximum atomic E-state index is 9.25. The first-order valence-electron chi connectivity index (χ1n) is 3.68. The molecule has 0 aliphatic carbocycles. The van der Waals surface area contributed by atoms with Crippen molar-refractivity contribution in [1.82, 2.24) is 0 Å². The molecule has 10 heavy (non-hydrogen) atoms. The summed E-state index contributed by atoms with van der Waals surface area (Å²) in [6.45, 7) is 3.70. The maximum absolute atomic E-state index is 9.25. The average Bonchev–Trinajstić information content (AvgIpc) is 2.17. The van der Waals surface area contributed by atoms with E-state index in [9.17, 15) is 10.2 Å². The molecule has 60 valence electrons. The molecule has 1 heterocycles. The van der Waals surface area contributed by atoms with Gasteiger partial charge in [-0.25, -0.2) is 0 Å². The van der Waals surface area contributed by atoms with Crippen LogP contribution in [0.3, 0.4) is 0 Å². The highest BCUT2D eigenvalue weighted by molar-refractivity contribution is 4.87. The van der Waals surface area contributed by atoms with Gasteiger partial charge in [-0.1, -0.05) is 6.92 Å². The van der Waals surface area contributed by atoms with Crippen molar-refractivity contribution in [3.63, 3.8) is 0 Å². The third-order valence-electron chi connectivity index (χ3n) is 2.00. The van der Waals surface area contributed by atoms with Crippen LogP contribution in [0.15, 0.2) is 0 Å². The number of hydrogen-bond donors (Lipinski definition) is 2. The van der Waals surface area contributed by atoms with Gasteiger partial charge in [-0.05, 0) is 13.3 Å². The molecular weight excluding hydrogens is 132 g/mol. The van der Waals surface area contributed by atoms with Gasteiger partial charge in [0.1, 0.15) is 12.2 Å². The quantitative estimate of drug-likeness (QED) is 0.543. The van der Waals surface area contributed by atoms with Crippen LogP contribution in [0, 0.1) is 0 Å². The van der Waals surface area contributed by atoms with Crippen LogP contribution in [0.2, 0.25) is 0 Å². The Balaban J connectivity index is 2.53. The van der Waals surface area contributed by atoms with E-state index in [4.69, 9.17) is 4.74 Å². The lowest BCUT2D eigenvalue weighted by Crippen LogP contribution is -2.31. The molecule has 0 aromatic heterocycles. The summed E-state index contributed by atoms with van der Waals surface area (Å²) in [5.74, 6) is 0. The van der Waals surface area contributed by atoms with Crippen molar-refractivity contribution in [1.29, 1.82) is 0 Å². The zero-order valence-electron chi connectivity index (χ0n) is 6.32. The molecule has 2 unspecified atom stereocenters. The number of rotatable bonds is 1. The molecule has 0 saturated carbocycles.